The molecule has 0 aliphatic rings. The van der Waals surface area contributed by atoms with Gasteiger partial charge in [-0.05, 0) is 40.1 Å². The molecule has 0 amide bonds. The van der Waals surface area contributed by atoms with E-state index in [1.165, 1.54) is 0 Å². The molecule has 0 unspecified atom stereocenters. The number of nitrogens with one attached hydrogen (secondary N) is 1. The number of halogens is 2. The van der Waals surface area contributed by atoms with E-state index in [-0.39, 0.29) is 0 Å². The van der Waals surface area contributed by atoms with E-state index in [2.05, 4.69) is 23.5 Å². The maximum absolute atomic E-state index is 10.5. The fraction of sp³-hybridized carbons (Fsp3) is 0.154. The van der Waals surface area contributed by atoms with Crippen LogP contribution in [0.4, 0.5) is 0 Å². The van der Waals surface area contributed by atoms with Gasteiger partial charge in [-0.3, -0.25) is 0 Å². The Morgan fingerprint density at radius 2 is 1.61 bits per heavy atom. The van der Waals surface area contributed by atoms with E-state index in [0.29, 0.717) is 29.7 Å². The third kappa shape index (κ3) is 5.38. The summed E-state index contributed by atoms with van der Waals surface area (Å²) in [7, 11) is 0. The van der Waals surface area contributed by atoms with Crippen LogP contribution in [0.3, 0.4) is 0 Å². The first-order chi connectivity index (χ1) is 15.1. The van der Waals surface area contributed by atoms with E-state index in [0.717, 1.165) is 33.2 Å². The highest BCUT2D eigenvalue weighted by Crippen LogP contribution is 2.30. The van der Waals surface area contributed by atoms with Crippen LogP contribution in [0.2, 0.25) is 10.0 Å². The summed E-state index contributed by atoms with van der Waals surface area (Å²) >= 11 is 12.1. The van der Waals surface area contributed by atoms with Gasteiger partial charge in [-0.25, -0.2) is 0 Å². The Labute approximate surface area is 192 Å². The van der Waals surface area contributed by atoms with Gasteiger partial charge in [0.2, 0.25) is 0 Å². The first kappa shape index (κ1) is 21.7. The zero-order valence-corrected chi connectivity index (χ0v) is 18.4. The monoisotopic (exact) mass is 451 g/mol. The van der Waals surface area contributed by atoms with Gasteiger partial charge in [0, 0.05) is 18.7 Å². The van der Waals surface area contributed by atoms with Crippen LogP contribution in [-0.4, -0.2) is 11.7 Å². The number of rotatable bonds is 8. The summed E-state index contributed by atoms with van der Waals surface area (Å²) in [6.07, 6.45) is -0.572. The van der Waals surface area contributed by atoms with Crippen molar-refractivity contribution in [3.05, 3.63) is 112 Å². The van der Waals surface area contributed by atoms with Gasteiger partial charge in [0.15, 0.2) is 0 Å². The van der Waals surface area contributed by atoms with Gasteiger partial charge in [-0.15, -0.1) is 0 Å². The second kappa shape index (κ2) is 10.2. The lowest BCUT2D eigenvalue weighted by molar-refractivity contribution is 0.174. The van der Waals surface area contributed by atoms with Gasteiger partial charge >= 0.3 is 0 Å². The van der Waals surface area contributed by atoms with Crippen molar-refractivity contribution in [1.82, 2.24) is 5.32 Å². The zero-order chi connectivity index (χ0) is 21.6. The first-order valence-electron chi connectivity index (χ1n) is 10.1. The molecule has 1 atom stereocenters. The molecule has 0 aliphatic carbocycles. The quantitative estimate of drug-likeness (QED) is 0.319. The maximum atomic E-state index is 10.5. The van der Waals surface area contributed by atoms with E-state index in [1.54, 1.807) is 6.07 Å². The van der Waals surface area contributed by atoms with Gasteiger partial charge in [0.1, 0.15) is 12.4 Å². The molecule has 4 rings (SSSR count). The van der Waals surface area contributed by atoms with Crippen molar-refractivity contribution < 1.29 is 9.84 Å². The van der Waals surface area contributed by atoms with Crippen molar-refractivity contribution in [2.45, 2.75) is 19.3 Å². The van der Waals surface area contributed by atoms with E-state index in [9.17, 15) is 5.11 Å². The molecule has 0 radical (unpaired) electrons. The zero-order valence-electron chi connectivity index (χ0n) is 16.9. The van der Waals surface area contributed by atoms with Crippen LogP contribution in [0.25, 0.3) is 10.8 Å². The smallest absolute Gasteiger partial charge is 0.124 e. The number of hydrogen-bond donors (Lipinski definition) is 2. The van der Waals surface area contributed by atoms with Crippen molar-refractivity contribution in [1.29, 1.82) is 0 Å². The predicted octanol–water partition coefficient (Wildman–Crippen LogP) is 6.55. The fourth-order valence-corrected chi connectivity index (χ4v) is 3.87. The molecule has 2 N–H and O–H groups in total. The fourth-order valence-electron chi connectivity index (χ4n) is 3.55. The van der Waals surface area contributed by atoms with Crippen molar-refractivity contribution in [2.24, 2.45) is 0 Å². The largest absolute Gasteiger partial charge is 0.489 e. The topological polar surface area (TPSA) is 41.5 Å². The average molecular weight is 452 g/mol. The molecule has 0 aromatic heterocycles. The molecule has 5 heteroatoms. The molecule has 4 aromatic rings. The molecule has 0 fully saturated rings. The van der Waals surface area contributed by atoms with E-state index < -0.39 is 6.10 Å². The third-order valence-corrected chi connectivity index (χ3v) is 5.94. The Morgan fingerprint density at radius 1 is 0.839 bits per heavy atom. The van der Waals surface area contributed by atoms with Gasteiger partial charge in [-0.1, -0.05) is 89.9 Å². The summed E-state index contributed by atoms with van der Waals surface area (Å²) in [5.74, 6) is 0.798. The molecule has 0 spiro atoms. The molecule has 0 saturated carbocycles. The highest BCUT2D eigenvalue weighted by atomic mass is 35.5. The molecule has 3 nitrogen and oxygen atoms in total. The standard InChI is InChI=1S/C26H23Cl2NO2/c27-23-12-10-18(14-24(23)28)17-31-26-13-11-19-6-4-5-9-21(19)22(26)15-29-16-25(30)20-7-2-1-3-8-20/h1-14,25,29-30H,15-17H2/t25-/m0/s1. The number of benzene rings is 4. The maximum Gasteiger partial charge on any atom is 0.124 e. The Morgan fingerprint density at radius 3 is 2.42 bits per heavy atom. The summed E-state index contributed by atoms with van der Waals surface area (Å²) in [5, 5.41) is 17.1. The highest BCUT2D eigenvalue weighted by molar-refractivity contribution is 6.42. The van der Waals surface area contributed by atoms with Gasteiger partial charge < -0.3 is 15.2 Å². The van der Waals surface area contributed by atoms with Gasteiger partial charge in [0.25, 0.3) is 0 Å². The SMILES string of the molecule is O[C@@H](CNCc1c(OCc2ccc(Cl)c(Cl)c2)ccc2ccccc12)c1ccccc1. The second-order valence-corrected chi connectivity index (χ2v) is 8.17. The minimum Gasteiger partial charge on any atom is -0.489 e. The van der Waals surface area contributed by atoms with Crippen LogP contribution in [-0.2, 0) is 13.2 Å². The van der Waals surface area contributed by atoms with E-state index >= 15 is 0 Å². The Balaban J connectivity index is 1.51. The average Bonchev–Trinajstić information content (AvgIpc) is 2.81. The first-order valence-corrected chi connectivity index (χ1v) is 10.9. The number of hydrogen-bond acceptors (Lipinski definition) is 3. The summed E-state index contributed by atoms with van der Waals surface area (Å²) in [5.41, 5.74) is 2.89. The lowest BCUT2D eigenvalue weighted by Crippen LogP contribution is -2.21. The number of aliphatic hydroxyl groups is 1. The second-order valence-electron chi connectivity index (χ2n) is 7.36. The van der Waals surface area contributed by atoms with Crippen LogP contribution in [0, 0.1) is 0 Å². The van der Waals surface area contributed by atoms with Gasteiger partial charge in [0.05, 0.1) is 16.1 Å². The molecule has 4 aromatic carbocycles. The molecular formula is C26H23Cl2NO2. The predicted molar refractivity (Wildman–Crippen MR) is 128 cm³/mol. The van der Waals surface area contributed by atoms with Crippen LogP contribution >= 0.6 is 23.2 Å². The minimum atomic E-state index is -0.572. The minimum absolute atomic E-state index is 0.384. The van der Waals surface area contributed by atoms with Crippen LogP contribution in [0.15, 0.2) is 84.9 Å². The molecule has 31 heavy (non-hydrogen) atoms. The highest BCUT2D eigenvalue weighted by Gasteiger charge is 2.12. The Kier molecular flexibility index (Phi) is 7.10. The molecule has 0 heterocycles. The van der Waals surface area contributed by atoms with E-state index in [1.807, 2.05) is 60.7 Å². The lowest BCUT2D eigenvalue weighted by Gasteiger charge is -2.17. The molecule has 0 saturated heterocycles. The normalized spacial score (nSPS) is 12.1. The molecular weight excluding hydrogens is 429 g/mol. The Bertz CT molecular complexity index is 1160. The molecule has 158 valence electrons. The van der Waals surface area contributed by atoms with E-state index in [4.69, 9.17) is 27.9 Å². The summed E-state index contributed by atoms with van der Waals surface area (Å²) < 4.78 is 6.16. The summed E-state index contributed by atoms with van der Waals surface area (Å²) in [6, 6.07) is 27.4. The van der Waals surface area contributed by atoms with Crippen LogP contribution < -0.4 is 10.1 Å². The van der Waals surface area contributed by atoms with Crippen molar-refractivity contribution in [3.8, 4) is 5.75 Å². The lowest BCUT2D eigenvalue weighted by atomic mass is 10.0. The summed E-state index contributed by atoms with van der Waals surface area (Å²) in [4.78, 5) is 0. The number of fused-ring (bicyclic) bond motifs is 1. The van der Waals surface area contributed by atoms with Crippen molar-refractivity contribution in [2.75, 3.05) is 6.54 Å². The van der Waals surface area contributed by atoms with Crippen LogP contribution in [0.5, 0.6) is 5.75 Å². The van der Waals surface area contributed by atoms with Crippen molar-refractivity contribution >= 4 is 34.0 Å². The number of aliphatic hydroxyl groups excluding tert-OH is 1. The van der Waals surface area contributed by atoms with Crippen LogP contribution in [0.1, 0.15) is 22.8 Å². The number of ether oxygens (including phenoxy) is 1. The molecule has 0 aliphatic heterocycles. The Hall–Kier alpha value is -2.56. The third-order valence-electron chi connectivity index (χ3n) is 5.20. The molecule has 0 bridgehead atoms. The van der Waals surface area contributed by atoms with Crippen molar-refractivity contribution in [3.63, 3.8) is 0 Å². The van der Waals surface area contributed by atoms with Gasteiger partial charge in [-0.2, -0.15) is 0 Å². The summed E-state index contributed by atoms with van der Waals surface area (Å²) in [6.45, 7) is 1.40.